The second-order valence-corrected chi connectivity index (χ2v) is 5.74. The molecule has 3 nitrogen and oxygen atoms in total. The zero-order chi connectivity index (χ0) is 13.5. The first-order valence-electron chi connectivity index (χ1n) is 7.21. The van der Waals surface area contributed by atoms with Crippen LogP contribution in [0.1, 0.15) is 35.3 Å². The zero-order valence-electron chi connectivity index (χ0n) is 11.5. The van der Waals surface area contributed by atoms with Crippen LogP contribution >= 0.6 is 0 Å². The Hall–Kier alpha value is -1.87. The van der Waals surface area contributed by atoms with Crippen LogP contribution in [0, 0.1) is 12.8 Å². The Morgan fingerprint density at radius 1 is 1.20 bits per heavy atom. The highest BCUT2D eigenvalue weighted by Gasteiger charge is 2.41. The van der Waals surface area contributed by atoms with Crippen molar-refractivity contribution in [3.63, 3.8) is 0 Å². The molecule has 1 N–H and O–H groups in total. The third kappa shape index (κ3) is 1.81. The van der Waals surface area contributed by atoms with Crippen LogP contribution in [0.25, 0.3) is 0 Å². The quantitative estimate of drug-likeness (QED) is 0.855. The van der Waals surface area contributed by atoms with E-state index in [2.05, 4.69) is 47.6 Å². The molecule has 102 valence electrons. The van der Waals surface area contributed by atoms with Gasteiger partial charge in [-0.2, -0.15) is 0 Å². The third-order valence-corrected chi connectivity index (χ3v) is 4.46. The number of hydrogen-bond donors (Lipinski definition) is 1. The van der Waals surface area contributed by atoms with Gasteiger partial charge in [-0.1, -0.05) is 17.7 Å². The van der Waals surface area contributed by atoms with Crippen molar-refractivity contribution in [1.29, 1.82) is 0 Å². The van der Waals surface area contributed by atoms with Crippen molar-refractivity contribution in [3.05, 3.63) is 59.4 Å². The number of aromatic nitrogens is 1. The summed E-state index contributed by atoms with van der Waals surface area (Å²) in [5.74, 6) is 0.506. The maximum atomic E-state index is 6.03. The van der Waals surface area contributed by atoms with Gasteiger partial charge in [0.05, 0.1) is 12.1 Å². The van der Waals surface area contributed by atoms with Gasteiger partial charge in [0.25, 0.3) is 0 Å². The first kappa shape index (κ1) is 11.9. The molecule has 0 aliphatic carbocycles. The van der Waals surface area contributed by atoms with Gasteiger partial charge < -0.3 is 10.1 Å². The average Bonchev–Trinajstić information content (AvgIpc) is 2.97. The van der Waals surface area contributed by atoms with E-state index in [1.165, 1.54) is 22.4 Å². The van der Waals surface area contributed by atoms with E-state index >= 15 is 0 Å². The van der Waals surface area contributed by atoms with Crippen molar-refractivity contribution in [1.82, 2.24) is 4.98 Å². The number of rotatable bonds is 1. The van der Waals surface area contributed by atoms with Crippen LogP contribution in [0.3, 0.4) is 0 Å². The standard InChI is InChI=1S/C17H18N2O/c1-11-2-3-15-14(10-11)17-13(6-9-20-17)16(19-15)12-4-7-18-8-5-12/h2-5,7-8,10,13,16-17,19H,6,9H2,1H3/t13-,16-,17-/m1/s1. The van der Waals surface area contributed by atoms with Gasteiger partial charge in [-0.15, -0.1) is 0 Å². The van der Waals surface area contributed by atoms with Crippen LogP contribution in [0.5, 0.6) is 0 Å². The minimum Gasteiger partial charge on any atom is -0.378 e. The van der Waals surface area contributed by atoms with Crippen LogP contribution in [0.15, 0.2) is 42.7 Å². The zero-order valence-corrected chi connectivity index (χ0v) is 11.5. The molecule has 0 amide bonds. The Morgan fingerprint density at radius 3 is 2.90 bits per heavy atom. The lowest BCUT2D eigenvalue weighted by Crippen LogP contribution is -2.29. The van der Waals surface area contributed by atoms with Crippen LogP contribution < -0.4 is 5.32 Å². The van der Waals surface area contributed by atoms with E-state index < -0.39 is 0 Å². The molecule has 0 bridgehead atoms. The summed E-state index contributed by atoms with van der Waals surface area (Å²) >= 11 is 0. The van der Waals surface area contributed by atoms with Crippen LogP contribution in [-0.4, -0.2) is 11.6 Å². The van der Waals surface area contributed by atoms with Gasteiger partial charge in [0.2, 0.25) is 0 Å². The Kier molecular flexibility index (Phi) is 2.74. The highest BCUT2D eigenvalue weighted by Crippen LogP contribution is 2.49. The molecule has 1 aromatic heterocycles. The highest BCUT2D eigenvalue weighted by atomic mass is 16.5. The van der Waals surface area contributed by atoms with E-state index in [9.17, 15) is 0 Å². The molecule has 2 aliphatic heterocycles. The molecule has 1 aromatic carbocycles. The maximum absolute atomic E-state index is 6.03. The van der Waals surface area contributed by atoms with Crippen LogP contribution in [-0.2, 0) is 4.74 Å². The van der Waals surface area contributed by atoms with Gasteiger partial charge in [-0.3, -0.25) is 4.98 Å². The third-order valence-electron chi connectivity index (χ3n) is 4.46. The van der Waals surface area contributed by atoms with Crippen molar-refractivity contribution in [3.8, 4) is 0 Å². The average molecular weight is 266 g/mol. The lowest BCUT2D eigenvalue weighted by atomic mass is 9.81. The van der Waals surface area contributed by atoms with Gasteiger partial charge in [0.15, 0.2) is 0 Å². The van der Waals surface area contributed by atoms with Crippen molar-refractivity contribution in [2.75, 3.05) is 11.9 Å². The predicted octanol–water partition coefficient (Wildman–Crippen LogP) is 3.63. The molecule has 1 fully saturated rings. The minimum atomic E-state index is 0.226. The number of pyridine rings is 1. The second-order valence-electron chi connectivity index (χ2n) is 5.74. The lowest BCUT2D eigenvalue weighted by molar-refractivity contribution is 0.0829. The smallest absolute Gasteiger partial charge is 0.0896 e. The van der Waals surface area contributed by atoms with E-state index in [1.807, 2.05) is 12.4 Å². The summed E-state index contributed by atoms with van der Waals surface area (Å²) in [5, 5.41) is 3.70. The SMILES string of the molecule is Cc1ccc2c(c1)[C@@H]1OCC[C@@H]1[C@@H](c1ccncc1)N2. The molecule has 2 aromatic rings. The van der Waals surface area contributed by atoms with Crippen LogP contribution in [0.4, 0.5) is 5.69 Å². The summed E-state index contributed by atoms with van der Waals surface area (Å²) in [6.07, 6.45) is 5.07. The number of fused-ring (bicyclic) bond motifs is 3. The molecule has 0 radical (unpaired) electrons. The molecule has 1 saturated heterocycles. The monoisotopic (exact) mass is 266 g/mol. The summed E-state index contributed by atoms with van der Waals surface area (Å²) < 4.78 is 6.03. The number of ether oxygens (including phenoxy) is 1. The van der Waals surface area contributed by atoms with E-state index in [0.29, 0.717) is 12.0 Å². The molecular weight excluding hydrogens is 248 g/mol. The number of anilines is 1. The molecule has 3 heterocycles. The van der Waals surface area contributed by atoms with Crippen LogP contribution in [0.2, 0.25) is 0 Å². The molecule has 0 saturated carbocycles. The predicted molar refractivity (Wildman–Crippen MR) is 78.6 cm³/mol. The molecule has 2 aliphatic rings. The molecule has 20 heavy (non-hydrogen) atoms. The Labute approximate surface area is 119 Å². The summed E-state index contributed by atoms with van der Waals surface area (Å²) in [6.45, 7) is 2.99. The van der Waals surface area contributed by atoms with E-state index in [0.717, 1.165) is 13.0 Å². The molecule has 4 rings (SSSR count). The molecule has 3 atom stereocenters. The fourth-order valence-corrected chi connectivity index (χ4v) is 3.49. The first-order valence-corrected chi connectivity index (χ1v) is 7.21. The van der Waals surface area contributed by atoms with Crippen molar-refractivity contribution in [2.24, 2.45) is 5.92 Å². The van der Waals surface area contributed by atoms with Gasteiger partial charge >= 0.3 is 0 Å². The van der Waals surface area contributed by atoms with Crippen molar-refractivity contribution >= 4 is 5.69 Å². The van der Waals surface area contributed by atoms with E-state index in [1.54, 1.807) is 0 Å². The molecule has 3 heteroatoms. The second kappa shape index (κ2) is 4.60. The van der Waals surface area contributed by atoms with Gasteiger partial charge in [0, 0.05) is 36.2 Å². The number of aryl methyl sites for hydroxylation is 1. The Morgan fingerprint density at radius 2 is 2.05 bits per heavy atom. The fraction of sp³-hybridized carbons (Fsp3) is 0.353. The molecular formula is C17H18N2O. The summed E-state index contributed by atoms with van der Waals surface area (Å²) in [5.41, 5.74) is 5.12. The Bertz CT molecular complexity index is 626. The topological polar surface area (TPSA) is 34.1 Å². The number of nitrogens with one attached hydrogen (secondary N) is 1. The number of hydrogen-bond acceptors (Lipinski definition) is 3. The fourth-order valence-electron chi connectivity index (χ4n) is 3.49. The number of benzene rings is 1. The largest absolute Gasteiger partial charge is 0.378 e. The van der Waals surface area contributed by atoms with Crippen molar-refractivity contribution < 1.29 is 4.74 Å². The van der Waals surface area contributed by atoms with Gasteiger partial charge in [-0.25, -0.2) is 0 Å². The lowest BCUT2D eigenvalue weighted by Gasteiger charge is -2.36. The van der Waals surface area contributed by atoms with Gasteiger partial charge in [0.1, 0.15) is 0 Å². The van der Waals surface area contributed by atoms with Crippen molar-refractivity contribution in [2.45, 2.75) is 25.5 Å². The van der Waals surface area contributed by atoms with E-state index in [-0.39, 0.29) is 6.10 Å². The summed E-state index contributed by atoms with van der Waals surface area (Å²) in [7, 11) is 0. The van der Waals surface area contributed by atoms with Gasteiger partial charge in [-0.05, 0) is 37.1 Å². The molecule has 0 spiro atoms. The highest BCUT2D eigenvalue weighted by molar-refractivity contribution is 5.58. The molecule has 0 unspecified atom stereocenters. The minimum absolute atomic E-state index is 0.226. The normalized spacial score (nSPS) is 27.6. The summed E-state index contributed by atoms with van der Waals surface area (Å²) in [4.78, 5) is 4.12. The maximum Gasteiger partial charge on any atom is 0.0896 e. The van der Waals surface area contributed by atoms with E-state index in [4.69, 9.17) is 4.74 Å². The first-order chi connectivity index (χ1) is 9.83. The Balaban J connectivity index is 1.79. The summed E-state index contributed by atoms with van der Waals surface area (Å²) in [6, 6.07) is 11.1. The number of nitrogens with zero attached hydrogens (tertiary/aromatic N) is 1.